The smallest absolute Gasteiger partial charge is 0.213 e. The van der Waals surface area contributed by atoms with Gasteiger partial charge in [-0.1, -0.05) is 0 Å². The van der Waals surface area contributed by atoms with Crippen LogP contribution >= 0.6 is 0 Å². The van der Waals surface area contributed by atoms with Crippen molar-refractivity contribution < 1.29 is 8.42 Å². The summed E-state index contributed by atoms with van der Waals surface area (Å²) in [5.74, 6) is 0.0396. The molecule has 152 valence electrons. The number of sulfonamides is 1. The lowest BCUT2D eigenvalue weighted by molar-refractivity contribution is 0.0887. The third kappa shape index (κ3) is 2.63. The molecule has 1 N–H and O–H groups in total. The summed E-state index contributed by atoms with van der Waals surface area (Å²) in [6.45, 7) is 2.13. The molecular weight excluding hydrogens is 402 g/mol. The molecule has 0 unspecified atom stereocenters. The molecule has 5 heterocycles. The second kappa shape index (κ2) is 6.62. The molecule has 0 aromatic carbocycles. The summed E-state index contributed by atoms with van der Waals surface area (Å²) < 4.78 is 28.0. The monoisotopic (exact) mass is 421 g/mol. The molecule has 5 rings (SSSR count). The lowest BCUT2D eigenvalue weighted by Gasteiger charge is -2.49. The molecular formula is C20H19N7O2S. The zero-order valence-electron chi connectivity index (χ0n) is 16.3. The Morgan fingerprint density at radius 2 is 2.07 bits per heavy atom. The molecule has 1 aliphatic rings. The second-order valence-electron chi connectivity index (χ2n) is 7.48. The topological polar surface area (TPSA) is 121 Å². The number of aromatic amines is 1. The van der Waals surface area contributed by atoms with Crippen LogP contribution in [0.1, 0.15) is 13.3 Å². The predicted octanol–water partition coefficient (Wildman–Crippen LogP) is 2.25. The number of nitrogens with zero attached hydrogens (tertiary/aromatic N) is 6. The Hall–Kier alpha value is -3.29. The molecule has 0 radical (unpaired) electrons. The van der Waals surface area contributed by atoms with E-state index in [-0.39, 0.29) is 25.3 Å². The molecule has 10 heteroatoms. The maximum absolute atomic E-state index is 12.3. The zero-order chi connectivity index (χ0) is 20.9. The summed E-state index contributed by atoms with van der Waals surface area (Å²) >= 11 is 0. The van der Waals surface area contributed by atoms with Crippen molar-refractivity contribution >= 4 is 32.1 Å². The van der Waals surface area contributed by atoms with E-state index in [1.165, 1.54) is 10.6 Å². The number of hydrogen-bond donors (Lipinski definition) is 1. The Labute approximate surface area is 173 Å². The van der Waals surface area contributed by atoms with E-state index in [1.807, 2.05) is 35.2 Å². The maximum Gasteiger partial charge on any atom is 0.213 e. The Morgan fingerprint density at radius 3 is 2.83 bits per heavy atom. The van der Waals surface area contributed by atoms with Gasteiger partial charge in [-0.25, -0.2) is 23.4 Å². The van der Waals surface area contributed by atoms with Crippen molar-refractivity contribution in [3.8, 4) is 17.3 Å². The van der Waals surface area contributed by atoms with E-state index in [1.54, 1.807) is 13.1 Å². The van der Waals surface area contributed by atoms with Gasteiger partial charge in [0.25, 0.3) is 0 Å². The number of nitrogens with one attached hydrogen (secondary N) is 1. The van der Waals surface area contributed by atoms with Crippen molar-refractivity contribution in [1.29, 1.82) is 5.26 Å². The number of aromatic nitrogens is 5. The number of hydrogen-bond acceptors (Lipinski definition) is 6. The minimum atomic E-state index is -3.31. The molecule has 1 fully saturated rings. The molecule has 0 spiro atoms. The van der Waals surface area contributed by atoms with Crippen LogP contribution in [-0.2, 0) is 15.6 Å². The largest absolute Gasteiger partial charge is 0.346 e. The molecule has 0 bridgehead atoms. The fourth-order valence-corrected chi connectivity index (χ4v) is 5.42. The summed E-state index contributed by atoms with van der Waals surface area (Å²) in [5.41, 5.74) is 2.42. The van der Waals surface area contributed by atoms with Crippen LogP contribution in [-0.4, -0.2) is 56.1 Å². The molecule has 1 aliphatic heterocycles. The van der Waals surface area contributed by atoms with E-state index in [4.69, 9.17) is 0 Å². The van der Waals surface area contributed by atoms with Gasteiger partial charge in [0.15, 0.2) is 0 Å². The fourth-order valence-electron chi connectivity index (χ4n) is 4.18. The highest BCUT2D eigenvalue weighted by Crippen LogP contribution is 2.41. The molecule has 0 saturated carbocycles. The van der Waals surface area contributed by atoms with E-state index in [0.29, 0.717) is 5.65 Å². The molecule has 9 nitrogen and oxygen atoms in total. The van der Waals surface area contributed by atoms with E-state index in [2.05, 4.69) is 26.0 Å². The van der Waals surface area contributed by atoms with Crippen molar-refractivity contribution in [2.24, 2.45) is 0 Å². The quantitative estimate of drug-likeness (QED) is 0.528. The van der Waals surface area contributed by atoms with E-state index >= 15 is 0 Å². The normalized spacial score (nSPS) is 16.5. The molecule has 4 aromatic rings. The molecule has 30 heavy (non-hydrogen) atoms. The van der Waals surface area contributed by atoms with Gasteiger partial charge in [-0.3, -0.25) is 0 Å². The van der Waals surface area contributed by atoms with Crippen molar-refractivity contribution in [2.45, 2.75) is 18.9 Å². The SMILES string of the molecule is CCS(=O)(=O)N1CC(CC#N)(n2cc(-c3ncnc4[nH]ccc34)c3cccnc32)C1. The first kappa shape index (κ1) is 18.7. The highest BCUT2D eigenvalue weighted by Gasteiger charge is 2.49. The fraction of sp³-hybridized carbons (Fsp3) is 0.300. The van der Waals surface area contributed by atoms with Gasteiger partial charge in [0.1, 0.15) is 17.6 Å². The van der Waals surface area contributed by atoms with E-state index in [0.717, 1.165) is 27.7 Å². The van der Waals surface area contributed by atoms with Crippen LogP contribution in [0.2, 0.25) is 0 Å². The second-order valence-corrected chi connectivity index (χ2v) is 9.74. The van der Waals surface area contributed by atoms with Gasteiger partial charge in [0, 0.05) is 48.0 Å². The molecule has 4 aromatic heterocycles. The standard InChI is InChI=1S/C20H19N7O2S/c1-2-30(28,29)26-11-20(12-26,6-7-21)27-10-16(14-4-3-8-23-19(14)27)17-15-5-9-22-18(15)25-13-24-17/h3-5,8-10,13H,2,6,11-12H2,1H3,(H,22,24,25). The van der Waals surface area contributed by atoms with Gasteiger partial charge in [-0.2, -0.15) is 9.57 Å². The van der Waals surface area contributed by atoms with Crippen LogP contribution in [0.5, 0.6) is 0 Å². The van der Waals surface area contributed by atoms with Crippen molar-refractivity contribution in [1.82, 2.24) is 28.8 Å². The number of pyridine rings is 1. The summed E-state index contributed by atoms with van der Waals surface area (Å²) in [6, 6.07) is 7.99. The lowest BCUT2D eigenvalue weighted by atomic mass is 9.88. The van der Waals surface area contributed by atoms with Gasteiger partial charge in [-0.05, 0) is 25.1 Å². The molecule has 0 amide bonds. The highest BCUT2D eigenvalue weighted by atomic mass is 32.2. The highest BCUT2D eigenvalue weighted by molar-refractivity contribution is 7.89. The number of fused-ring (bicyclic) bond motifs is 2. The Kier molecular flexibility index (Phi) is 4.13. The average molecular weight is 421 g/mol. The summed E-state index contributed by atoms with van der Waals surface area (Å²) in [5, 5.41) is 11.3. The predicted molar refractivity (Wildman–Crippen MR) is 112 cm³/mol. The maximum atomic E-state index is 12.3. The lowest BCUT2D eigenvalue weighted by Crippen LogP contribution is -2.64. The first-order chi connectivity index (χ1) is 14.5. The minimum Gasteiger partial charge on any atom is -0.346 e. The Balaban J connectivity index is 1.70. The van der Waals surface area contributed by atoms with Crippen LogP contribution in [0.25, 0.3) is 33.3 Å². The van der Waals surface area contributed by atoms with Gasteiger partial charge in [0.2, 0.25) is 10.0 Å². The van der Waals surface area contributed by atoms with Crippen molar-refractivity contribution in [3.05, 3.63) is 43.1 Å². The average Bonchev–Trinajstić information content (AvgIpc) is 3.35. The summed E-state index contributed by atoms with van der Waals surface area (Å²) in [7, 11) is -3.31. The van der Waals surface area contributed by atoms with Crippen LogP contribution in [0.4, 0.5) is 0 Å². The first-order valence-corrected chi connectivity index (χ1v) is 11.2. The first-order valence-electron chi connectivity index (χ1n) is 9.59. The van der Waals surface area contributed by atoms with Crippen molar-refractivity contribution in [3.63, 3.8) is 0 Å². The molecule has 0 atom stereocenters. The van der Waals surface area contributed by atoms with E-state index in [9.17, 15) is 13.7 Å². The van der Waals surface area contributed by atoms with Gasteiger partial charge in [0.05, 0.1) is 29.5 Å². The molecule has 0 aliphatic carbocycles. The van der Waals surface area contributed by atoms with E-state index < -0.39 is 15.6 Å². The zero-order valence-corrected chi connectivity index (χ0v) is 17.1. The number of rotatable bonds is 5. The number of H-pyrrole nitrogens is 1. The van der Waals surface area contributed by atoms with Crippen LogP contribution in [0, 0.1) is 11.3 Å². The summed E-state index contributed by atoms with van der Waals surface area (Å²) in [4.78, 5) is 16.4. The Bertz CT molecular complexity index is 1410. The van der Waals surface area contributed by atoms with Gasteiger partial charge < -0.3 is 9.55 Å². The third-order valence-corrected chi connectivity index (χ3v) is 7.57. The minimum absolute atomic E-state index is 0.0396. The number of nitriles is 1. The van der Waals surface area contributed by atoms with Crippen LogP contribution in [0.15, 0.2) is 43.1 Å². The van der Waals surface area contributed by atoms with Crippen LogP contribution in [0.3, 0.4) is 0 Å². The molecule has 1 saturated heterocycles. The summed E-state index contributed by atoms with van der Waals surface area (Å²) in [6.07, 6.45) is 7.16. The third-order valence-electron chi connectivity index (χ3n) is 5.79. The van der Waals surface area contributed by atoms with Crippen LogP contribution < -0.4 is 0 Å². The Morgan fingerprint density at radius 1 is 1.23 bits per heavy atom. The van der Waals surface area contributed by atoms with Gasteiger partial charge >= 0.3 is 0 Å². The van der Waals surface area contributed by atoms with Gasteiger partial charge in [-0.15, -0.1) is 0 Å². The van der Waals surface area contributed by atoms with Crippen molar-refractivity contribution in [2.75, 3.05) is 18.8 Å².